The number of aromatic nitrogens is 1. The van der Waals surface area contributed by atoms with E-state index in [0.717, 1.165) is 31.5 Å². The molecule has 1 heterocycles. The lowest BCUT2D eigenvalue weighted by atomic mass is 10.3. The zero-order chi connectivity index (χ0) is 13.0. The highest BCUT2D eigenvalue weighted by Gasteiger charge is 2.33. The average molecular weight is 267 g/mol. The van der Waals surface area contributed by atoms with Gasteiger partial charge in [-0.2, -0.15) is 0 Å². The molecule has 2 atom stereocenters. The van der Waals surface area contributed by atoms with Gasteiger partial charge in [0.15, 0.2) is 0 Å². The number of nitrogens with zero attached hydrogens (tertiary/aromatic N) is 2. The zero-order valence-electron chi connectivity index (χ0n) is 11.8. The molecule has 18 heavy (non-hydrogen) atoms. The largest absolute Gasteiger partial charge is 0.310 e. The summed E-state index contributed by atoms with van der Waals surface area (Å²) >= 11 is 1.78. The van der Waals surface area contributed by atoms with Crippen molar-refractivity contribution in [2.45, 2.75) is 39.8 Å². The molecule has 102 valence electrons. The second-order valence-electron chi connectivity index (χ2n) is 5.58. The van der Waals surface area contributed by atoms with Gasteiger partial charge in [-0.1, -0.05) is 13.8 Å². The van der Waals surface area contributed by atoms with Gasteiger partial charge < -0.3 is 10.2 Å². The first-order valence-electron chi connectivity index (χ1n) is 7.01. The van der Waals surface area contributed by atoms with E-state index in [2.05, 4.69) is 41.5 Å². The first-order chi connectivity index (χ1) is 8.69. The maximum atomic E-state index is 4.68. The van der Waals surface area contributed by atoms with Gasteiger partial charge in [-0.15, -0.1) is 11.3 Å². The molecule has 2 rings (SSSR count). The van der Waals surface area contributed by atoms with Gasteiger partial charge in [0.2, 0.25) is 0 Å². The van der Waals surface area contributed by atoms with Crippen LogP contribution in [0.4, 0.5) is 0 Å². The second kappa shape index (κ2) is 6.64. The van der Waals surface area contributed by atoms with Crippen LogP contribution in [0.25, 0.3) is 0 Å². The highest BCUT2D eigenvalue weighted by atomic mass is 32.1. The predicted molar refractivity (Wildman–Crippen MR) is 77.7 cm³/mol. The lowest BCUT2D eigenvalue weighted by Gasteiger charge is -2.14. The number of hydrogen-bond donors (Lipinski definition) is 1. The summed E-state index contributed by atoms with van der Waals surface area (Å²) in [6.45, 7) is 8.75. The van der Waals surface area contributed by atoms with Crippen molar-refractivity contribution < 1.29 is 0 Å². The van der Waals surface area contributed by atoms with Crippen molar-refractivity contribution in [1.82, 2.24) is 15.2 Å². The Kier molecular flexibility index (Phi) is 5.15. The highest BCUT2D eigenvalue weighted by Crippen LogP contribution is 2.38. The Bertz CT molecular complexity index is 364. The van der Waals surface area contributed by atoms with Gasteiger partial charge in [0, 0.05) is 25.0 Å². The van der Waals surface area contributed by atoms with Crippen LogP contribution in [0.1, 0.15) is 37.4 Å². The molecule has 0 bridgehead atoms. The molecule has 1 saturated carbocycles. The summed E-state index contributed by atoms with van der Waals surface area (Å²) in [5.74, 6) is 1.87. The fraction of sp³-hybridized carbons (Fsp3) is 0.786. The summed E-state index contributed by atoms with van der Waals surface area (Å²) < 4.78 is 0. The number of thiazole rings is 1. The molecule has 0 spiro atoms. The van der Waals surface area contributed by atoms with Crippen molar-refractivity contribution in [3.05, 3.63) is 16.1 Å². The van der Waals surface area contributed by atoms with Gasteiger partial charge in [0.05, 0.1) is 5.69 Å². The third-order valence-electron chi connectivity index (χ3n) is 3.56. The summed E-state index contributed by atoms with van der Waals surface area (Å²) in [7, 11) is 2.21. The van der Waals surface area contributed by atoms with Crippen LogP contribution in [-0.4, -0.2) is 30.0 Å². The van der Waals surface area contributed by atoms with Gasteiger partial charge in [0.1, 0.15) is 5.01 Å². The van der Waals surface area contributed by atoms with Crippen LogP contribution in [0.2, 0.25) is 0 Å². The van der Waals surface area contributed by atoms with Crippen LogP contribution in [-0.2, 0) is 13.1 Å². The van der Waals surface area contributed by atoms with Crippen molar-refractivity contribution in [1.29, 1.82) is 0 Å². The molecule has 1 aromatic heterocycles. The van der Waals surface area contributed by atoms with Crippen molar-refractivity contribution in [3.8, 4) is 0 Å². The molecule has 0 aliphatic heterocycles. The Morgan fingerprint density at radius 1 is 1.56 bits per heavy atom. The van der Waals surface area contributed by atoms with Crippen molar-refractivity contribution >= 4 is 11.3 Å². The van der Waals surface area contributed by atoms with E-state index in [1.54, 1.807) is 11.3 Å². The normalized spacial score (nSPS) is 22.7. The van der Waals surface area contributed by atoms with Crippen LogP contribution in [0.3, 0.4) is 0 Å². The van der Waals surface area contributed by atoms with Crippen LogP contribution in [0.15, 0.2) is 5.38 Å². The Balaban J connectivity index is 1.71. The molecule has 0 aromatic carbocycles. The minimum Gasteiger partial charge on any atom is -0.310 e. The first-order valence-corrected chi connectivity index (χ1v) is 7.89. The quantitative estimate of drug-likeness (QED) is 0.734. The van der Waals surface area contributed by atoms with E-state index >= 15 is 0 Å². The Labute approximate surface area is 115 Å². The third kappa shape index (κ3) is 4.34. The Hall–Kier alpha value is -0.450. The topological polar surface area (TPSA) is 28.2 Å². The minimum atomic E-state index is 0.919. The fourth-order valence-corrected chi connectivity index (χ4v) is 3.02. The van der Waals surface area contributed by atoms with E-state index in [9.17, 15) is 0 Å². The van der Waals surface area contributed by atoms with Crippen LogP contribution in [0.5, 0.6) is 0 Å². The summed E-state index contributed by atoms with van der Waals surface area (Å²) in [5, 5.41) is 6.82. The van der Waals surface area contributed by atoms with Gasteiger partial charge in [-0.3, -0.25) is 0 Å². The molecule has 3 nitrogen and oxygen atoms in total. The Morgan fingerprint density at radius 2 is 2.33 bits per heavy atom. The summed E-state index contributed by atoms with van der Waals surface area (Å²) in [4.78, 5) is 7.09. The van der Waals surface area contributed by atoms with Gasteiger partial charge in [-0.25, -0.2) is 4.98 Å². The third-order valence-corrected chi connectivity index (χ3v) is 4.45. The van der Waals surface area contributed by atoms with Gasteiger partial charge in [-0.05, 0) is 38.3 Å². The van der Waals surface area contributed by atoms with E-state index in [0.29, 0.717) is 0 Å². The zero-order valence-corrected chi connectivity index (χ0v) is 12.6. The molecule has 1 aliphatic carbocycles. The van der Waals surface area contributed by atoms with E-state index in [-0.39, 0.29) is 0 Å². The minimum absolute atomic E-state index is 0.919. The molecule has 4 heteroatoms. The summed E-state index contributed by atoms with van der Waals surface area (Å²) in [6.07, 6.45) is 2.59. The number of rotatable bonds is 8. The molecule has 0 radical (unpaired) electrons. The van der Waals surface area contributed by atoms with E-state index in [1.807, 2.05) is 0 Å². The monoisotopic (exact) mass is 267 g/mol. The van der Waals surface area contributed by atoms with Crippen molar-refractivity contribution in [2.24, 2.45) is 11.8 Å². The first kappa shape index (κ1) is 14.0. The average Bonchev–Trinajstić information content (AvgIpc) is 2.84. The molecular formula is C14H25N3S. The Morgan fingerprint density at radius 3 is 3.00 bits per heavy atom. The number of nitrogens with one attached hydrogen (secondary N) is 1. The van der Waals surface area contributed by atoms with Gasteiger partial charge >= 0.3 is 0 Å². The lowest BCUT2D eigenvalue weighted by Crippen LogP contribution is -2.21. The number of hydrogen-bond acceptors (Lipinski definition) is 4. The van der Waals surface area contributed by atoms with Gasteiger partial charge in [0.25, 0.3) is 0 Å². The summed E-state index contributed by atoms with van der Waals surface area (Å²) in [5.41, 5.74) is 1.23. The maximum absolute atomic E-state index is 4.68. The van der Waals surface area contributed by atoms with Crippen molar-refractivity contribution in [2.75, 3.05) is 20.1 Å². The van der Waals surface area contributed by atoms with Crippen LogP contribution >= 0.6 is 11.3 Å². The van der Waals surface area contributed by atoms with Crippen molar-refractivity contribution in [3.63, 3.8) is 0 Å². The van der Waals surface area contributed by atoms with Crippen LogP contribution < -0.4 is 5.32 Å². The molecule has 0 saturated heterocycles. The van der Waals surface area contributed by atoms with E-state index in [1.165, 1.54) is 30.1 Å². The second-order valence-corrected chi connectivity index (χ2v) is 6.52. The predicted octanol–water partition coefficient (Wildman–Crippen LogP) is 2.73. The molecule has 2 unspecified atom stereocenters. The molecule has 1 aliphatic rings. The SMILES string of the molecule is CCCNCc1nc(CN(C)CC2CC2C)cs1. The molecule has 1 aromatic rings. The summed E-state index contributed by atoms with van der Waals surface area (Å²) in [6, 6.07) is 0. The smallest absolute Gasteiger partial charge is 0.107 e. The van der Waals surface area contributed by atoms with E-state index in [4.69, 9.17) is 0 Å². The van der Waals surface area contributed by atoms with E-state index < -0.39 is 0 Å². The molecule has 0 amide bonds. The van der Waals surface area contributed by atoms with Crippen LogP contribution in [0, 0.1) is 11.8 Å². The highest BCUT2D eigenvalue weighted by molar-refractivity contribution is 7.09. The molecular weight excluding hydrogens is 242 g/mol. The maximum Gasteiger partial charge on any atom is 0.107 e. The lowest BCUT2D eigenvalue weighted by molar-refractivity contribution is 0.304. The molecule has 1 N–H and O–H groups in total. The fourth-order valence-electron chi connectivity index (χ4n) is 2.27. The standard InChI is InChI=1S/C14H25N3S/c1-4-5-15-7-14-16-13(10-18-14)9-17(3)8-12-6-11(12)2/h10-12,15H,4-9H2,1-3H3. The molecule has 1 fully saturated rings.